The number of aliphatic hydroxyl groups is 1. The monoisotopic (exact) mass is 410 g/mol. The van der Waals surface area contributed by atoms with Crippen LogP contribution >= 0.6 is 0 Å². The van der Waals surface area contributed by atoms with Crippen molar-refractivity contribution in [3.05, 3.63) is 24.3 Å². The van der Waals surface area contributed by atoms with Crippen molar-refractivity contribution in [2.75, 3.05) is 26.2 Å². The van der Waals surface area contributed by atoms with Crippen molar-refractivity contribution in [1.82, 2.24) is 29.7 Å². The van der Waals surface area contributed by atoms with Crippen LogP contribution in [0.15, 0.2) is 18.5 Å². The standard InChI is InChI=1S/C18H21F3N6O2/c1-10(28)17-25-13-6-23-16-12(2-4-22-16)15(13)27(17)11-3-5-26(7-11)8-14(29)24-9-18(19,20)21/h2,4,6,10-11,28H,3,5,7-9H2,1H3,(H,22,23)(H,24,29)/t10-,11+/m1/s1. The molecule has 3 aromatic rings. The van der Waals surface area contributed by atoms with Gasteiger partial charge in [-0.3, -0.25) is 9.69 Å². The number of likely N-dealkylation sites (tertiary alicyclic amines) is 1. The number of imidazole rings is 1. The summed E-state index contributed by atoms with van der Waals surface area (Å²) in [4.78, 5) is 25.6. The number of carbonyl (C=O) groups is 1. The number of aliphatic hydroxyl groups excluding tert-OH is 1. The number of aromatic nitrogens is 4. The number of amides is 1. The van der Waals surface area contributed by atoms with Gasteiger partial charge in [-0.25, -0.2) is 9.97 Å². The van der Waals surface area contributed by atoms with E-state index in [4.69, 9.17) is 0 Å². The van der Waals surface area contributed by atoms with Crippen LogP contribution in [0.2, 0.25) is 0 Å². The van der Waals surface area contributed by atoms with Crippen LogP contribution in [-0.4, -0.2) is 67.8 Å². The Morgan fingerprint density at radius 1 is 1.48 bits per heavy atom. The number of carbonyl (C=O) groups excluding carboxylic acids is 1. The van der Waals surface area contributed by atoms with Gasteiger partial charge in [0.25, 0.3) is 0 Å². The molecule has 1 amide bonds. The number of aromatic amines is 1. The van der Waals surface area contributed by atoms with E-state index in [1.54, 1.807) is 19.3 Å². The Morgan fingerprint density at radius 2 is 2.28 bits per heavy atom. The number of nitrogens with one attached hydrogen (secondary N) is 2. The zero-order chi connectivity index (χ0) is 20.8. The van der Waals surface area contributed by atoms with Crippen molar-refractivity contribution in [3.8, 4) is 0 Å². The number of rotatable bonds is 5. The second-order valence-electron chi connectivity index (χ2n) is 7.32. The summed E-state index contributed by atoms with van der Waals surface area (Å²) in [5.74, 6) is -0.157. The summed E-state index contributed by atoms with van der Waals surface area (Å²) in [5, 5.41) is 13.0. The highest BCUT2D eigenvalue weighted by molar-refractivity contribution is 6.01. The topological polar surface area (TPSA) is 99.1 Å². The lowest BCUT2D eigenvalue weighted by Crippen LogP contribution is -2.40. The highest BCUT2D eigenvalue weighted by Gasteiger charge is 2.32. The predicted octanol–water partition coefficient (Wildman–Crippen LogP) is 1.89. The summed E-state index contributed by atoms with van der Waals surface area (Å²) in [6.45, 7) is 1.23. The van der Waals surface area contributed by atoms with E-state index < -0.39 is 24.7 Å². The molecule has 1 aliphatic rings. The van der Waals surface area contributed by atoms with E-state index in [-0.39, 0.29) is 12.6 Å². The van der Waals surface area contributed by atoms with E-state index in [2.05, 4.69) is 15.0 Å². The molecule has 1 aliphatic heterocycles. The van der Waals surface area contributed by atoms with Crippen LogP contribution < -0.4 is 5.32 Å². The molecule has 3 N–H and O–H groups in total. The maximum atomic E-state index is 12.3. The molecule has 0 unspecified atom stereocenters. The summed E-state index contributed by atoms with van der Waals surface area (Å²) in [5.41, 5.74) is 2.21. The van der Waals surface area contributed by atoms with Gasteiger partial charge in [0, 0.05) is 30.7 Å². The van der Waals surface area contributed by atoms with Gasteiger partial charge in [-0.05, 0) is 19.4 Å². The highest BCUT2D eigenvalue weighted by atomic mass is 19.4. The van der Waals surface area contributed by atoms with Gasteiger partial charge in [0.1, 0.15) is 29.6 Å². The fourth-order valence-corrected chi connectivity index (χ4v) is 3.90. The molecule has 0 aliphatic carbocycles. The summed E-state index contributed by atoms with van der Waals surface area (Å²) >= 11 is 0. The van der Waals surface area contributed by atoms with Crippen LogP contribution in [0.1, 0.15) is 31.3 Å². The van der Waals surface area contributed by atoms with Crippen LogP contribution in [-0.2, 0) is 4.79 Å². The zero-order valence-corrected chi connectivity index (χ0v) is 15.7. The van der Waals surface area contributed by atoms with Crippen LogP contribution in [0, 0.1) is 0 Å². The highest BCUT2D eigenvalue weighted by Crippen LogP contribution is 2.33. The molecule has 0 spiro atoms. The summed E-state index contributed by atoms with van der Waals surface area (Å²) < 4.78 is 38.8. The summed E-state index contributed by atoms with van der Waals surface area (Å²) in [6, 6.07) is 1.83. The molecule has 0 aromatic carbocycles. The number of hydrogen-bond acceptors (Lipinski definition) is 5. The molecule has 11 heteroatoms. The fourth-order valence-electron chi connectivity index (χ4n) is 3.90. The molecule has 1 saturated heterocycles. The van der Waals surface area contributed by atoms with Crippen molar-refractivity contribution >= 4 is 28.0 Å². The minimum Gasteiger partial charge on any atom is -0.385 e. The summed E-state index contributed by atoms with van der Waals surface area (Å²) in [7, 11) is 0. The molecule has 8 nitrogen and oxygen atoms in total. The second kappa shape index (κ2) is 7.30. The maximum absolute atomic E-state index is 12.3. The molecule has 0 radical (unpaired) electrons. The lowest BCUT2D eigenvalue weighted by atomic mass is 10.2. The molecule has 0 saturated carbocycles. The molecular formula is C18H21F3N6O2. The number of hydrogen-bond donors (Lipinski definition) is 3. The Hall–Kier alpha value is -2.66. The average molecular weight is 410 g/mol. The number of halogens is 3. The van der Waals surface area contributed by atoms with Crippen LogP contribution in [0.4, 0.5) is 13.2 Å². The normalized spacial score (nSPS) is 19.3. The molecule has 4 rings (SSSR count). The van der Waals surface area contributed by atoms with E-state index in [1.165, 1.54) is 0 Å². The third kappa shape index (κ3) is 3.92. The molecule has 4 heterocycles. The van der Waals surface area contributed by atoms with Gasteiger partial charge in [0.2, 0.25) is 5.91 Å². The van der Waals surface area contributed by atoms with Gasteiger partial charge in [0.15, 0.2) is 0 Å². The number of fused-ring (bicyclic) bond motifs is 3. The molecule has 3 aromatic heterocycles. The van der Waals surface area contributed by atoms with Crippen molar-refractivity contribution in [3.63, 3.8) is 0 Å². The first kappa shape index (κ1) is 19.6. The Labute approximate surface area is 163 Å². The van der Waals surface area contributed by atoms with Gasteiger partial charge in [-0.2, -0.15) is 13.2 Å². The third-order valence-electron chi connectivity index (χ3n) is 5.10. The van der Waals surface area contributed by atoms with Crippen molar-refractivity contribution in [1.29, 1.82) is 0 Å². The third-order valence-corrected chi connectivity index (χ3v) is 5.10. The fraction of sp³-hybridized carbons (Fsp3) is 0.500. The maximum Gasteiger partial charge on any atom is 0.405 e. The minimum atomic E-state index is -4.43. The predicted molar refractivity (Wildman–Crippen MR) is 99.2 cm³/mol. The van der Waals surface area contributed by atoms with E-state index in [0.29, 0.717) is 36.5 Å². The number of alkyl halides is 3. The number of pyridine rings is 1. The smallest absolute Gasteiger partial charge is 0.385 e. The molecule has 1 fully saturated rings. The van der Waals surface area contributed by atoms with E-state index in [9.17, 15) is 23.1 Å². The van der Waals surface area contributed by atoms with Crippen LogP contribution in [0.3, 0.4) is 0 Å². The van der Waals surface area contributed by atoms with E-state index >= 15 is 0 Å². The molecule has 0 bridgehead atoms. The van der Waals surface area contributed by atoms with E-state index in [0.717, 1.165) is 10.9 Å². The van der Waals surface area contributed by atoms with Crippen molar-refractivity contribution in [2.24, 2.45) is 0 Å². The van der Waals surface area contributed by atoms with E-state index in [1.807, 2.05) is 20.9 Å². The van der Waals surface area contributed by atoms with Crippen LogP contribution in [0.5, 0.6) is 0 Å². The first-order chi connectivity index (χ1) is 13.7. The number of H-pyrrole nitrogens is 1. The Morgan fingerprint density at radius 3 is 3.00 bits per heavy atom. The Balaban J connectivity index is 1.58. The Kier molecular flexibility index (Phi) is 4.95. The van der Waals surface area contributed by atoms with Gasteiger partial charge >= 0.3 is 6.18 Å². The molecular weight excluding hydrogens is 389 g/mol. The summed E-state index contributed by atoms with van der Waals surface area (Å²) in [6.07, 6.45) is -1.12. The lowest BCUT2D eigenvalue weighted by Gasteiger charge is -2.20. The molecule has 156 valence electrons. The quantitative estimate of drug-likeness (QED) is 0.597. The zero-order valence-electron chi connectivity index (χ0n) is 15.7. The average Bonchev–Trinajstić information content (AvgIpc) is 3.35. The SMILES string of the molecule is C[C@@H](O)c1nc2cnc3[nH]ccc3c2n1[C@H]1CCN(CC(=O)NCC(F)(F)F)C1. The van der Waals surface area contributed by atoms with Gasteiger partial charge in [-0.1, -0.05) is 0 Å². The second-order valence-corrected chi connectivity index (χ2v) is 7.32. The largest absolute Gasteiger partial charge is 0.405 e. The van der Waals surface area contributed by atoms with Gasteiger partial charge < -0.3 is 20.0 Å². The van der Waals surface area contributed by atoms with Gasteiger partial charge in [0.05, 0.1) is 18.3 Å². The molecule has 2 atom stereocenters. The van der Waals surface area contributed by atoms with Gasteiger partial charge in [-0.15, -0.1) is 0 Å². The van der Waals surface area contributed by atoms with Crippen molar-refractivity contribution in [2.45, 2.75) is 31.7 Å². The number of nitrogens with zero attached hydrogens (tertiary/aromatic N) is 4. The Bertz CT molecular complexity index is 1040. The van der Waals surface area contributed by atoms with Crippen LogP contribution in [0.25, 0.3) is 22.1 Å². The molecule has 29 heavy (non-hydrogen) atoms. The first-order valence-electron chi connectivity index (χ1n) is 9.30. The lowest BCUT2D eigenvalue weighted by molar-refractivity contribution is -0.138. The minimum absolute atomic E-state index is 0.0690. The van der Waals surface area contributed by atoms with Crippen molar-refractivity contribution < 1.29 is 23.1 Å². The first-order valence-corrected chi connectivity index (χ1v) is 9.30.